The normalized spacial score (nSPS) is 11.4. The molecule has 0 bridgehead atoms. The second kappa shape index (κ2) is 9.28. The Morgan fingerprint density at radius 3 is 2.52 bits per heavy atom. The number of aromatic nitrogens is 2. The molecule has 0 radical (unpaired) electrons. The number of carbonyl (C=O) groups excluding carboxylic acids is 2. The molecule has 0 atom stereocenters. The minimum Gasteiger partial charge on any atom is -0.444 e. The summed E-state index contributed by atoms with van der Waals surface area (Å²) >= 11 is 0. The summed E-state index contributed by atoms with van der Waals surface area (Å²) in [4.78, 5) is 29.7. The van der Waals surface area contributed by atoms with Crippen molar-refractivity contribution in [1.82, 2.24) is 9.55 Å². The van der Waals surface area contributed by atoms with Gasteiger partial charge >= 0.3 is 6.09 Å². The quantitative estimate of drug-likeness (QED) is 0.362. The molecule has 168 valence electrons. The largest absolute Gasteiger partial charge is 0.444 e. The molecule has 3 aromatic carbocycles. The first-order chi connectivity index (χ1) is 15.8. The number of para-hydroxylation sites is 1. The second-order valence-electron chi connectivity index (χ2n) is 8.83. The summed E-state index contributed by atoms with van der Waals surface area (Å²) in [6.45, 7) is 5.44. The molecule has 33 heavy (non-hydrogen) atoms. The molecule has 0 aliphatic carbocycles. The van der Waals surface area contributed by atoms with Gasteiger partial charge in [0, 0.05) is 29.9 Å². The minimum absolute atomic E-state index is 0.0694. The first-order valence-electron chi connectivity index (χ1n) is 10.9. The number of nitrogens with one attached hydrogen (secondary N) is 1. The highest BCUT2D eigenvalue weighted by molar-refractivity contribution is 5.96. The summed E-state index contributed by atoms with van der Waals surface area (Å²) in [6, 6.07) is 21.5. The second-order valence-corrected chi connectivity index (χ2v) is 8.83. The molecule has 0 saturated heterocycles. The number of benzene rings is 3. The monoisotopic (exact) mass is 441 g/mol. The molecule has 0 spiro atoms. The van der Waals surface area contributed by atoms with Crippen LogP contribution in [0.4, 0.5) is 10.5 Å². The van der Waals surface area contributed by atoms with E-state index in [2.05, 4.69) is 10.3 Å². The summed E-state index contributed by atoms with van der Waals surface area (Å²) < 4.78 is 7.19. The van der Waals surface area contributed by atoms with E-state index in [1.165, 1.54) is 0 Å². The number of fused-ring (bicyclic) bond motifs is 1. The molecule has 1 heterocycles. The van der Waals surface area contributed by atoms with Gasteiger partial charge in [0.15, 0.2) is 11.6 Å². The molecule has 0 saturated carbocycles. The number of amides is 1. The van der Waals surface area contributed by atoms with E-state index >= 15 is 0 Å². The Morgan fingerprint density at radius 1 is 0.970 bits per heavy atom. The highest BCUT2D eigenvalue weighted by Gasteiger charge is 2.19. The Labute approximate surface area is 193 Å². The van der Waals surface area contributed by atoms with Gasteiger partial charge in [-0.25, -0.2) is 9.78 Å². The minimum atomic E-state index is -0.590. The number of imidazole rings is 1. The fourth-order valence-electron chi connectivity index (χ4n) is 3.76. The van der Waals surface area contributed by atoms with Gasteiger partial charge in [-0.05, 0) is 50.3 Å². The van der Waals surface area contributed by atoms with Crippen LogP contribution in [0.1, 0.15) is 43.4 Å². The standard InChI is InChI=1S/C27H27N3O3/c1-27(2,3)33-26(32)29-22-13-7-5-10-20(22)15-16-24(31)25-28-17-18-30(25)23-14-8-11-19-9-4-6-12-21(19)23/h4-14,17-18H,15-16H2,1-3H3,(H,29,32). The zero-order chi connectivity index (χ0) is 23.4. The molecule has 1 aromatic heterocycles. The molecular weight excluding hydrogens is 414 g/mol. The van der Waals surface area contributed by atoms with Crippen LogP contribution in [-0.2, 0) is 11.2 Å². The van der Waals surface area contributed by atoms with Crippen molar-refractivity contribution in [3.63, 3.8) is 0 Å². The average molecular weight is 442 g/mol. The van der Waals surface area contributed by atoms with E-state index in [0.717, 1.165) is 22.0 Å². The topological polar surface area (TPSA) is 73.2 Å². The lowest BCUT2D eigenvalue weighted by atomic mass is 10.0. The Kier molecular flexibility index (Phi) is 6.27. The number of carbonyl (C=O) groups is 2. The molecule has 0 fully saturated rings. The van der Waals surface area contributed by atoms with Crippen molar-refractivity contribution in [2.24, 2.45) is 0 Å². The smallest absolute Gasteiger partial charge is 0.412 e. The molecule has 4 aromatic rings. The number of ketones is 1. The van der Waals surface area contributed by atoms with E-state index < -0.39 is 11.7 Å². The maximum absolute atomic E-state index is 13.1. The summed E-state index contributed by atoms with van der Waals surface area (Å²) in [5.41, 5.74) is 1.83. The lowest BCUT2D eigenvalue weighted by molar-refractivity contribution is 0.0635. The van der Waals surface area contributed by atoms with Crippen molar-refractivity contribution in [3.8, 4) is 5.69 Å². The predicted molar refractivity (Wildman–Crippen MR) is 130 cm³/mol. The average Bonchev–Trinajstić information content (AvgIpc) is 3.26. The Morgan fingerprint density at radius 2 is 1.70 bits per heavy atom. The molecule has 0 aliphatic heterocycles. The number of rotatable bonds is 6. The first kappa shape index (κ1) is 22.3. The van der Waals surface area contributed by atoms with Crippen molar-refractivity contribution < 1.29 is 14.3 Å². The van der Waals surface area contributed by atoms with Crippen LogP contribution in [0.5, 0.6) is 0 Å². The van der Waals surface area contributed by atoms with E-state index in [4.69, 9.17) is 4.74 Å². The van der Waals surface area contributed by atoms with Gasteiger partial charge in [0.25, 0.3) is 0 Å². The zero-order valence-electron chi connectivity index (χ0n) is 19.0. The molecular formula is C27H27N3O3. The molecule has 1 N–H and O–H groups in total. The number of hydrogen-bond acceptors (Lipinski definition) is 4. The summed E-state index contributed by atoms with van der Waals surface area (Å²) in [5.74, 6) is 0.323. The summed E-state index contributed by atoms with van der Waals surface area (Å²) in [5, 5.41) is 4.95. The van der Waals surface area contributed by atoms with Crippen molar-refractivity contribution >= 4 is 28.3 Å². The molecule has 6 nitrogen and oxygen atoms in total. The van der Waals surface area contributed by atoms with Gasteiger partial charge in [0.05, 0.1) is 5.69 Å². The van der Waals surface area contributed by atoms with E-state index in [1.54, 1.807) is 12.3 Å². The third kappa shape index (κ3) is 5.29. The fourth-order valence-corrected chi connectivity index (χ4v) is 3.76. The van der Waals surface area contributed by atoms with Crippen molar-refractivity contribution in [2.75, 3.05) is 5.32 Å². The van der Waals surface area contributed by atoms with Gasteiger partial charge in [-0.15, -0.1) is 0 Å². The molecule has 0 unspecified atom stereocenters. The van der Waals surface area contributed by atoms with Crippen LogP contribution in [0.2, 0.25) is 0 Å². The highest BCUT2D eigenvalue weighted by Crippen LogP contribution is 2.24. The van der Waals surface area contributed by atoms with Crippen LogP contribution in [0, 0.1) is 0 Å². The molecule has 6 heteroatoms. The summed E-state index contributed by atoms with van der Waals surface area (Å²) in [7, 11) is 0. The zero-order valence-corrected chi connectivity index (χ0v) is 19.0. The van der Waals surface area contributed by atoms with Gasteiger partial charge in [0.2, 0.25) is 0 Å². The highest BCUT2D eigenvalue weighted by atomic mass is 16.6. The van der Waals surface area contributed by atoms with Crippen LogP contribution in [0.25, 0.3) is 16.5 Å². The van der Waals surface area contributed by atoms with Gasteiger partial charge in [0.1, 0.15) is 5.60 Å². The van der Waals surface area contributed by atoms with Crippen LogP contribution < -0.4 is 5.32 Å². The molecule has 0 aliphatic rings. The Hall–Kier alpha value is -3.93. The van der Waals surface area contributed by atoms with Crippen LogP contribution in [0.15, 0.2) is 79.1 Å². The van der Waals surface area contributed by atoms with Gasteiger partial charge < -0.3 is 4.74 Å². The molecule has 1 amide bonds. The third-order valence-corrected chi connectivity index (χ3v) is 5.19. The van der Waals surface area contributed by atoms with Crippen LogP contribution in [0.3, 0.4) is 0 Å². The lowest BCUT2D eigenvalue weighted by Gasteiger charge is -2.20. The number of nitrogens with zero attached hydrogens (tertiary/aromatic N) is 2. The SMILES string of the molecule is CC(C)(C)OC(=O)Nc1ccccc1CCC(=O)c1nccn1-c1cccc2ccccc12. The van der Waals surface area contributed by atoms with Crippen LogP contribution >= 0.6 is 0 Å². The maximum Gasteiger partial charge on any atom is 0.412 e. The maximum atomic E-state index is 13.1. The van der Waals surface area contributed by atoms with E-state index in [9.17, 15) is 9.59 Å². The number of Topliss-reactive ketones (excluding diaryl/α,β-unsaturated/α-hetero) is 1. The lowest BCUT2D eigenvalue weighted by Crippen LogP contribution is -2.27. The predicted octanol–water partition coefficient (Wildman–Crippen LogP) is 6.19. The van der Waals surface area contributed by atoms with Gasteiger partial charge in [-0.1, -0.05) is 54.6 Å². The first-order valence-corrected chi connectivity index (χ1v) is 10.9. The fraction of sp³-hybridized carbons (Fsp3) is 0.222. The van der Waals surface area contributed by atoms with Crippen molar-refractivity contribution in [2.45, 2.75) is 39.2 Å². The number of ether oxygens (including phenoxy) is 1. The van der Waals surface area contributed by atoms with E-state index in [0.29, 0.717) is 17.9 Å². The number of anilines is 1. The van der Waals surface area contributed by atoms with Crippen LogP contribution in [-0.4, -0.2) is 27.0 Å². The number of hydrogen-bond donors (Lipinski definition) is 1. The Balaban J connectivity index is 1.52. The Bertz CT molecular complexity index is 1300. The van der Waals surface area contributed by atoms with E-state index in [1.807, 2.05) is 92.2 Å². The van der Waals surface area contributed by atoms with Crippen molar-refractivity contribution in [3.05, 3.63) is 90.5 Å². The number of aryl methyl sites for hydroxylation is 1. The van der Waals surface area contributed by atoms with Gasteiger partial charge in [-0.3, -0.25) is 14.7 Å². The van der Waals surface area contributed by atoms with E-state index in [-0.39, 0.29) is 12.2 Å². The summed E-state index contributed by atoms with van der Waals surface area (Å²) in [6.07, 6.45) is 3.66. The molecule has 4 rings (SSSR count). The van der Waals surface area contributed by atoms with Crippen molar-refractivity contribution in [1.29, 1.82) is 0 Å². The third-order valence-electron chi connectivity index (χ3n) is 5.19. The van der Waals surface area contributed by atoms with Gasteiger partial charge in [-0.2, -0.15) is 0 Å².